The lowest BCUT2D eigenvalue weighted by Crippen LogP contribution is -2.10. The van der Waals surface area contributed by atoms with Crippen molar-refractivity contribution in [1.29, 1.82) is 0 Å². The van der Waals surface area contributed by atoms with Gasteiger partial charge in [0, 0.05) is 12.7 Å². The zero-order valence-corrected chi connectivity index (χ0v) is 15.0. The summed E-state index contributed by atoms with van der Waals surface area (Å²) in [7, 11) is 1.96. The molecule has 0 aliphatic heterocycles. The van der Waals surface area contributed by atoms with Crippen molar-refractivity contribution in [2.45, 2.75) is 55.4 Å². The van der Waals surface area contributed by atoms with E-state index in [0.717, 1.165) is 11.1 Å². The Kier molecular flexibility index (Phi) is 10.7. The molecule has 0 fully saturated rings. The third-order valence-electron chi connectivity index (χ3n) is 3.02. The van der Waals surface area contributed by atoms with Gasteiger partial charge < -0.3 is 5.32 Å². The molecule has 1 nitrogen and oxygen atoms in total. The van der Waals surface area contributed by atoms with Crippen LogP contribution in [0.3, 0.4) is 0 Å². The molecule has 1 heteroatoms. The standard InChI is InChI=1S/C17H27N.C2H6/c1-11(2)14(7)10-16(12(3)4)15(8)17(18-9)13(5)6;1-2/h10,18H,1,3H2,2,4-9H3;1-2H3/b14-10+,16-15-;. The number of allylic oxidation sites excluding steroid dienone is 7. The van der Waals surface area contributed by atoms with Crippen LogP contribution in [0, 0.1) is 0 Å². The van der Waals surface area contributed by atoms with Gasteiger partial charge in [-0.2, -0.15) is 0 Å². The van der Waals surface area contributed by atoms with E-state index in [-0.39, 0.29) is 0 Å². The van der Waals surface area contributed by atoms with Crippen molar-refractivity contribution in [3.05, 3.63) is 58.4 Å². The highest BCUT2D eigenvalue weighted by Crippen LogP contribution is 2.23. The molecule has 0 radical (unpaired) electrons. The van der Waals surface area contributed by atoms with E-state index in [4.69, 9.17) is 0 Å². The molecule has 0 heterocycles. The summed E-state index contributed by atoms with van der Waals surface area (Å²) in [6, 6.07) is 0. The van der Waals surface area contributed by atoms with Gasteiger partial charge in [0.05, 0.1) is 0 Å². The van der Waals surface area contributed by atoms with Crippen LogP contribution < -0.4 is 5.32 Å². The van der Waals surface area contributed by atoms with Crippen molar-refractivity contribution in [3.63, 3.8) is 0 Å². The van der Waals surface area contributed by atoms with E-state index < -0.39 is 0 Å². The molecule has 0 spiro atoms. The fraction of sp³-hybridized carbons (Fsp3) is 0.474. The largest absolute Gasteiger partial charge is 0.388 e. The van der Waals surface area contributed by atoms with Crippen LogP contribution in [0.5, 0.6) is 0 Å². The van der Waals surface area contributed by atoms with E-state index in [2.05, 4.69) is 52.2 Å². The number of nitrogens with one attached hydrogen (secondary N) is 1. The predicted molar refractivity (Wildman–Crippen MR) is 94.9 cm³/mol. The highest BCUT2D eigenvalue weighted by molar-refractivity contribution is 5.51. The van der Waals surface area contributed by atoms with Crippen LogP contribution in [0.15, 0.2) is 58.4 Å². The van der Waals surface area contributed by atoms with Crippen LogP contribution in [-0.2, 0) is 0 Å². The van der Waals surface area contributed by atoms with Gasteiger partial charge in [-0.3, -0.25) is 0 Å². The molecule has 0 aliphatic rings. The topological polar surface area (TPSA) is 12.0 Å². The van der Waals surface area contributed by atoms with Gasteiger partial charge in [-0.25, -0.2) is 0 Å². The molecular weight excluding hydrogens is 242 g/mol. The molecule has 0 amide bonds. The maximum atomic E-state index is 4.08. The van der Waals surface area contributed by atoms with Crippen molar-refractivity contribution >= 4 is 0 Å². The lowest BCUT2D eigenvalue weighted by atomic mass is 9.95. The maximum absolute atomic E-state index is 4.08. The molecular formula is C19H33N. The minimum Gasteiger partial charge on any atom is -0.388 e. The Morgan fingerprint density at radius 2 is 1.30 bits per heavy atom. The van der Waals surface area contributed by atoms with E-state index in [1.165, 1.54) is 28.0 Å². The average Bonchev–Trinajstić information content (AvgIpc) is 2.37. The van der Waals surface area contributed by atoms with Crippen LogP contribution >= 0.6 is 0 Å². The second-order valence-electron chi connectivity index (χ2n) is 5.05. The molecule has 0 bridgehead atoms. The highest BCUT2D eigenvalue weighted by atomic mass is 14.8. The van der Waals surface area contributed by atoms with Crippen LogP contribution in [0.1, 0.15) is 55.4 Å². The summed E-state index contributed by atoms with van der Waals surface area (Å²) >= 11 is 0. The third-order valence-corrected chi connectivity index (χ3v) is 3.02. The monoisotopic (exact) mass is 275 g/mol. The Morgan fingerprint density at radius 1 is 0.850 bits per heavy atom. The van der Waals surface area contributed by atoms with E-state index >= 15 is 0 Å². The Hall–Kier alpha value is -1.50. The summed E-state index contributed by atoms with van der Waals surface area (Å²) in [6.45, 7) is 24.6. The fourth-order valence-electron chi connectivity index (χ4n) is 1.84. The summed E-state index contributed by atoms with van der Waals surface area (Å²) < 4.78 is 0. The lowest BCUT2D eigenvalue weighted by Gasteiger charge is -2.15. The van der Waals surface area contributed by atoms with Gasteiger partial charge in [0.2, 0.25) is 0 Å². The van der Waals surface area contributed by atoms with Crippen LogP contribution in [-0.4, -0.2) is 7.05 Å². The molecule has 0 rings (SSSR count). The minimum absolute atomic E-state index is 1.07. The Balaban J connectivity index is 0. The van der Waals surface area contributed by atoms with Crippen molar-refractivity contribution < 1.29 is 0 Å². The van der Waals surface area contributed by atoms with Gasteiger partial charge in [-0.1, -0.05) is 49.8 Å². The molecule has 0 aliphatic carbocycles. The molecule has 20 heavy (non-hydrogen) atoms. The minimum atomic E-state index is 1.07. The molecule has 0 aromatic rings. The summed E-state index contributed by atoms with van der Waals surface area (Å²) in [5.41, 5.74) is 8.21. The van der Waals surface area contributed by atoms with Crippen LogP contribution in [0.25, 0.3) is 0 Å². The quantitative estimate of drug-likeness (QED) is 0.612. The number of rotatable bonds is 5. The first-order chi connectivity index (χ1) is 9.22. The highest BCUT2D eigenvalue weighted by Gasteiger charge is 2.07. The number of hydrogen-bond donors (Lipinski definition) is 1. The molecule has 0 saturated carbocycles. The predicted octanol–water partition coefficient (Wildman–Crippen LogP) is 5.94. The first-order valence-corrected chi connectivity index (χ1v) is 7.28. The smallest absolute Gasteiger partial charge is 0.0359 e. The Labute approximate surface area is 126 Å². The summed E-state index contributed by atoms with van der Waals surface area (Å²) in [5, 5.41) is 3.27. The second kappa shape index (κ2) is 10.3. The zero-order valence-electron chi connectivity index (χ0n) is 15.0. The third kappa shape index (κ3) is 6.60. The van der Waals surface area contributed by atoms with Gasteiger partial charge >= 0.3 is 0 Å². The average molecular weight is 275 g/mol. The first-order valence-electron chi connectivity index (χ1n) is 7.28. The summed E-state index contributed by atoms with van der Waals surface area (Å²) in [6.07, 6.45) is 2.17. The molecule has 0 atom stereocenters. The number of likely N-dealkylation sites (N-methyl/N-ethyl adjacent to an activating group) is 1. The van der Waals surface area contributed by atoms with E-state index in [9.17, 15) is 0 Å². The zero-order chi connectivity index (χ0) is 16.5. The first kappa shape index (κ1) is 20.8. The summed E-state index contributed by atoms with van der Waals surface area (Å²) in [4.78, 5) is 0. The van der Waals surface area contributed by atoms with Crippen molar-refractivity contribution in [3.8, 4) is 0 Å². The fourth-order valence-corrected chi connectivity index (χ4v) is 1.84. The van der Waals surface area contributed by atoms with Gasteiger partial charge in [0.1, 0.15) is 0 Å². The van der Waals surface area contributed by atoms with Crippen molar-refractivity contribution in [2.24, 2.45) is 0 Å². The molecule has 0 unspecified atom stereocenters. The van der Waals surface area contributed by atoms with Gasteiger partial charge in [-0.05, 0) is 58.3 Å². The van der Waals surface area contributed by atoms with E-state index in [1.807, 2.05) is 34.7 Å². The number of hydrogen-bond acceptors (Lipinski definition) is 1. The Morgan fingerprint density at radius 3 is 1.55 bits per heavy atom. The normalized spacial score (nSPS) is 11.8. The molecule has 0 aromatic carbocycles. The lowest BCUT2D eigenvalue weighted by molar-refractivity contribution is 0.960. The van der Waals surface area contributed by atoms with Gasteiger partial charge in [0.25, 0.3) is 0 Å². The second-order valence-corrected chi connectivity index (χ2v) is 5.05. The van der Waals surface area contributed by atoms with Gasteiger partial charge in [-0.15, -0.1) is 0 Å². The van der Waals surface area contributed by atoms with Crippen molar-refractivity contribution in [2.75, 3.05) is 7.05 Å². The van der Waals surface area contributed by atoms with Gasteiger partial charge in [0.15, 0.2) is 0 Å². The van der Waals surface area contributed by atoms with Crippen molar-refractivity contribution in [1.82, 2.24) is 5.32 Å². The Bertz CT molecular complexity index is 438. The molecule has 0 saturated heterocycles. The maximum Gasteiger partial charge on any atom is 0.0359 e. The SMILES string of the molecule is C=C(C)C(/C=C(\C)C(=C)C)=C(/C)C(NC)=C(C)C.CC. The summed E-state index contributed by atoms with van der Waals surface area (Å²) in [5.74, 6) is 0. The molecule has 1 N–H and O–H groups in total. The van der Waals surface area contributed by atoms with Crippen LogP contribution in [0.2, 0.25) is 0 Å². The van der Waals surface area contributed by atoms with Crippen LogP contribution in [0.4, 0.5) is 0 Å². The van der Waals surface area contributed by atoms with E-state index in [1.54, 1.807) is 0 Å². The molecule has 0 aromatic heterocycles. The molecule has 114 valence electrons. The van der Waals surface area contributed by atoms with E-state index in [0.29, 0.717) is 0 Å².